The van der Waals surface area contributed by atoms with E-state index >= 15 is 0 Å². The van der Waals surface area contributed by atoms with Gasteiger partial charge in [0.2, 0.25) is 0 Å². The van der Waals surface area contributed by atoms with Crippen LogP contribution in [-0.2, 0) is 9.53 Å². The maximum atomic E-state index is 11.6. The molecule has 0 heterocycles. The van der Waals surface area contributed by atoms with Crippen LogP contribution in [0.15, 0.2) is 22.7 Å². The minimum absolute atomic E-state index is 0.119. The Kier molecular flexibility index (Phi) is 5.21. The molecular weight excluding hydrogens is 295 g/mol. The van der Waals surface area contributed by atoms with Gasteiger partial charge in [-0.2, -0.15) is 0 Å². The van der Waals surface area contributed by atoms with Crippen LogP contribution in [0.3, 0.4) is 0 Å². The molecule has 0 fully saturated rings. The van der Waals surface area contributed by atoms with E-state index in [1.807, 2.05) is 0 Å². The molecule has 0 saturated carbocycles. The highest BCUT2D eigenvalue weighted by Crippen LogP contribution is 2.25. The summed E-state index contributed by atoms with van der Waals surface area (Å²) in [6.07, 6.45) is -0.671. The van der Waals surface area contributed by atoms with Gasteiger partial charge in [-0.25, -0.2) is 0 Å². The normalized spacial score (nSPS) is 12.2. The molecule has 1 amide bonds. The third-order valence-corrected chi connectivity index (χ3v) is 2.80. The largest absolute Gasteiger partial charge is 0.370 e. The van der Waals surface area contributed by atoms with E-state index in [4.69, 9.17) is 22.1 Å². The molecule has 88 valence electrons. The van der Waals surface area contributed by atoms with E-state index in [0.29, 0.717) is 10.7 Å². The van der Waals surface area contributed by atoms with Gasteiger partial charge in [0.15, 0.2) is 0 Å². The zero-order valence-electron chi connectivity index (χ0n) is 8.67. The fraction of sp³-hybridized carbons (Fsp3) is 0.300. The van der Waals surface area contributed by atoms with Gasteiger partial charge in [-0.1, -0.05) is 27.5 Å². The second kappa shape index (κ2) is 6.20. The number of rotatable bonds is 4. The maximum absolute atomic E-state index is 11.6. The van der Waals surface area contributed by atoms with Crippen molar-refractivity contribution in [2.24, 2.45) is 5.73 Å². The number of halogens is 2. The second-order valence-electron chi connectivity index (χ2n) is 3.07. The number of anilines is 1. The Hall–Kier alpha value is -0.620. The first-order valence-electron chi connectivity index (χ1n) is 4.57. The average Bonchev–Trinajstić information content (AvgIpc) is 2.25. The first-order chi connectivity index (χ1) is 7.58. The molecule has 3 N–H and O–H groups in total. The van der Waals surface area contributed by atoms with Crippen LogP contribution in [0, 0.1) is 0 Å². The molecule has 0 aliphatic heterocycles. The first-order valence-corrected chi connectivity index (χ1v) is 5.74. The molecule has 0 spiro atoms. The fourth-order valence-electron chi connectivity index (χ4n) is 1.12. The molecule has 1 aromatic rings. The van der Waals surface area contributed by atoms with Gasteiger partial charge in [-0.15, -0.1) is 0 Å². The third kappa shape index (κ3) is 3.45. The monoisotopic (exact) mass is 306 g/mol. The van der Waals surface area contributed by atoms with Crippen molar-refractivity contribution in [3.63, 3.8) is 0 Å². The Morgan fingerprint density at radius 2 is 2.38 bits per heavy atom. The van der Waals surface area contributed by atoms with Gasteiger partial charge in [-0.3, -0.25) is 4.79 Å². The summed E-state index contributed by atoms with van der Waals surface area (Å²) in [5.41, 5.74) is 5.90. The lowest BCUT2D eigenvalue weighted by Gasteiger charge is -2.14. The van der Waals surface area contributed by atoms with Gasteiger partial charge in [0.25, 0.3) is 5.91 Å². The Balaban J connectivity index is 2.80. The van der Waals surface area contributed by atoms with E-state index < -0.39 is 6.10 Å². The topological polar surface area (TPSA) is 64.3 Å². The van der Waals surface area contributed by atoms with E-state index in [2.05, 4.69) is 21.2 Å². The summed E-state index contributed by atoms with van der Waals surface area (Å²) in [5, 5.41) is 3.11. The molecule has 0 aliphatic rings. The Morgan fingerprint density at radius 1 is 1.69 bits per heavy atom. The summed E-state index contributed by atoms with van der Waals surface area (Å²) in [6, 6.07) is 5.18. The number of amides is 1. The van der Waals surface area contributed by atoms with Crippen molar-refractivity contribution in [1.29, 1.82) is 0 Å². The van der Waals surface area contributed by atoms with Gasteiger partial charge in [0.05, 0.1) is 10.7 Å². The first kappa shape index (κ1) is 13.4. The smallest absolute Gasteiger partial charge is 0.254 e. The van der Waals surface area contributed by atoms with Crippen LogP contribution in [0.1, 0.15) is 0 Å². The molecule has 6 heteroatoms. The van der Waals surface area contributed by atoms with Crippen LogP contribution in [0.25, 0.3) is 0 Å². The van der Waals surface area contributed by atoms with Crippen LogP contribution >= 0.6 is 27.5 Å². The summed E-state index contributed by atoms with van der Waals surface area (Å²) in [7, 11) is 1.43. The third-order valence-electron chi connectivity index (χ3n) is 1.98. The molecule has 1 rings (SSSR count). The van der Waals surface area contributed by atoms with Crippen LogP contribution in [-0.4, -0.2) is 25.7 Å². The summed E-state index contributed by atoms with van der Waals surface area (Å²) in [6.45, 7) is 0.119. The maximum Gasteiger partial charge on any atom is 0.254 e. The van der Waals surface area contributed by atoms with Crippen LogP contribution in [0.4, 0.5) is 5.69 Å². The summed E-state index contributed by atoms with van der Waals surface area (Å²) in [5.74, 6) is -0.315. The highest BCUT2D eigenvalue weighted by atomic mass is 79.9. The van der Waals surface area contributed by atoms with Gasteiger partial charge < -0.3 is 15.8 Å². The van der Waals surface area contributed by atoms with Crippen molar-refractivity contribution in [1.82, 2.24) is 0 Å². The minimum Gasteiger partial charge on any atom is -0.370 e. The number of hydrogen-bond donors (Lipinski definition) is 2. The number of nitrogens with one attached hydrogen (secondary N) is 1. The summed E-state index contributed by atoms with van der Waals surface area (Å²) < 4.78 is 5.74. The van der Waals surface area contributed by atoms with E-state index in [0.717, 1.165) is 4.47 Å². The number of hydrogen-bond acceptors (Lipinski definition) is 3. The molecule has 1 unspecified atom stereocenters. The van der Waals surface area contributed by atoms with E-state index in [9.17, 15) is 4.79 Å². The number of methoxy groups -OCH3 is 1. The van der Waals surface area contributed by atoms with E-state index in [1.165, 1.54) is 7.11 Å². The molecule has 16 heavy (non-hydrogen) atoms. The number of carbonyl (C=O) groups is 1. The predicted octanol–water partition coefficient (Wildman–Crippen LogP) is 2.01. The lowest BCUT2D eigenvalue weighted by Crippen LogP contribution is -2.35. The molecule has 4 nitrogen and oxygen atoms in total. The van der Waals surface area contributed by atoms with E-state index in [-0.39, 0.29) is 12.5 Å². The molecule has 0 radical (unpaired) electrons. The van der Waals surface area contributed by atoms with Crippen molar-refractivity contribution in [2.75, 3.05) is 19.0 Å². The van der Waals surface area contributed by atoms with Crippen molar-refractivity contribution in [2.45, 2.75) is 6.10 Å². The number of benzene rings is 1. The van der Waals surface area contributed by atoms with Crippen molar-refractivity contribution in [3.8, 4) is 0 Å². The lowest BCUT2D eigenvalue weighted by atomic mass is 10.3. The molecule has 0 saturated heterocycles. The number of carbonyl (C=O) groups excluding carboxylic acids is 1. The standard InChI is InChI=1S/C10H12BrClN2O2/c1-16-9(5-13)10(15)14-8-4-6(11)2-3-7(8)12/h2-4,9H,5,13H2,1H3,(H,14,15). The molecule has 0 aliphatic carbocycles. The molecule has 0 aromatic heterocycles. The van der Waals surface area contributed by atoms with Crippen LogP contribution in [0.2, 0.25) is 5.02 Å². The van der Waals surface area contributed by atoms with Gasteiger partial charge >= 0.3 is 0 Å². The van der Waals surface area contributed by atoms with Gasteiger partial charge in [0, 0.05) is 18.1 Å². The Morgan fingerprint density at radius 3 is 2.94 bits per heavy atom. The summed E-state index contributed by atoms with van der Waals surface area (Å²) in [4.78, 5) is 11.6. The van der Waals surface area contributed by atoms with Crippen LogP contribution in [0.5, 0.6) is 0 Å². The van der Waals surface area contributed by atoms with Gasteiger partial charge in [-0.05, 0) is 18.2 Å². The zero-order valence-corrected chi connectivity index (χ0v) is 11.0. The highest BCUT2D eigenvalue weighted by Gasteiger charge is 2.16. The SMILES string of the molecule is COC(CN)C(=O)Nc1cc(Br)ccc1Cl. The van der Waals surface area contributed by atoms with Crippen molar-refractivity contribution >= 4 is 39.1 Å². The number of ether oxygens (including phenoxy) is 1. The lowest BCUT2D eigenvalue weighted by molar-refractivity contribution is -0.125. The average molecular weight is 308 g/mol. The van der Waals surface area contributed by atoms with Crippen molar-refractivity contribution in [3.05, 3.63) is 27.7 Å². The van der Waals surface area contributed by atoms with Gasteiger partial charge in [0.1, 0.15) is 6.10 Å². The summed E-state index contributed by atoms with van der Waals surface area (Å²) >= 11 is 9.22. The van der Waals surface area contributed by atoms with Crippen molar-refractivity contribution < 1.29 is 9.53 Å². The number of nitrogens with two attached hydrogens (primary N) is 1. The molecule has 1 atom stereocenters. The van der Waals surface area contributed by atoms with E-state index in [1.54, 1.807) is 18.2 Å². The Bertz CT molecular complexity index is 383. The predicted molar refractivity (Wildman–Crippen MR) is 67.6 cm³/mol. The Labute approximate surface area is 107 Å². The highest BCUT2D eigenvalue weighted by molar-refractivity contribution is 9.10. The fourth-order valence-corrected chi connectivity index (χ4v) is 1.64. The van der Waals surface area contributed by atoms with Crippen LogP contribution < -0.4 is 11.1 Å². The molecular formula is C10H12BrClN2O2. The quantitative estimate of drug-likeness (QED) is 0.894. The molecule has 0 bridgehead atoms. The molecule has 1 aromatic carbocycles. The zero-order chi connectivity index (χ0) is 12.1. The minimum atomic E-state index is -0.671. The second-order valence-corrected chi connectivity index (χ2v) is 4.40.